The molecular weight excluding hydrogens is 626 g/mol. The highest BCUT2D eigenvalue weighted by molar-refractivity contribution is 8.03. The number of benzene rings is 3. The van der Waals surface area contributed by atoms with E-state index in [1.54, 1.807) is 25.3 Å². The molecule has 7 nitrogen and oxygen atoms in total. The second kappa shape index (κ2) is 17.7. The van der Waals surface area contributed by atoms with Crippen LogP contribution in [0.4, 0.5) is 4.39 Å². The number of thioether (sulfide) groups is 1. The first-order chi connectivity index (χ1) is 22.3. The normalized spacial score (nSPS) is 15.1. The van der Waals surface area contributed by atoms with E-state index in [1.165, 1.54) is 35.5 Å². The molecule has 4 rings (SSSR count). The summed E-state index contributed by atoms with van der Waals surface area (Å²) < 4.78 is 38.9. The molecule has 1 heterocycles. The Balaban J connectivity index is 1.36. The van der Waals surface area contributed by atoms with Crippen LogP contribution in [0.3, 0.4) is 0 Å². The molecule has 0 saturated heterocycles. The third-order valence-corrected chi connectivity index (χ3v) is 10.2. The van der Waals surface area contributed by atoms with Crippen molar-refractivity contribution >= 4 is 34.5 Å². The van der Waals surface area contributed by atoms with E-state index in [4.69, 9.17) is 9.47 Å². The minimum absolute atomic E-state index is 0.0710. The van der Waals surface area contributed by atoms with Crippen molar-refractivity contribution < 1.29 is 32.8 Å². The molecule has 0 amide bonds. The van der Waals surface area contributed by atoms with E-state index in [9.17, 15) is 18.9 Å². The molecule has 2 N–H and O–H groups in total. The second-order valence-electron chi connectivity index (χ2n) is 10.8. The minimum atomic E-state index is -1.25. The Morgan fingerprint density at radius 3 is 2.41 bits per heavy atom. The largest absolute Gasteiger partial charge is 0.508 e. The number of aromatic hydroxyl groups is 1. The maximum atomic E-state index is 15.3. The summed E-state index contributed by atoms with van der Waals surface area (Å²) in [6, 6.07) is 21.5. The Labute approximate surface area is 276 Å². The summed E-state index contributed by atoms with van der Waals surface area (Å²) in [5.41, 5.74) is 1.78. The van der Waals surface area contributed by atoms with Gasteiger partial charge >= 0.3 is 11.9 Å². The summed E-state index contributed by atoms with van der Waals surface area (Å²) in [5.74, 6) is -2.67. The zero-order valence-electron chi connectivity index (χ0n) is 26.1. The van der Waals surface area contributed by atoms with Gasteiger partial charge in [0.1, 0.15) is 24.8 Å². The van der Waals surface area contributed by atoms with E-state index in [0.717, 1.165) is 32.1 Å². The zero-order valence-corrected chi connectivity index (χ0v) is 27.8. The van der Waals surface area contributed by atoms with Crippen LogP contribution in [-0.4, -0.2) is 40.2 Å². The SMILES string of the molecule is CCS(=O)c1ccccc1SC1=CNC(C)=C(C(=O)OCCOC(=O)CCCCCCc2ccccc2)C1c1c(O)cccc1F. The molecule has 0 saturated carbocycles. The summed E-state index contributed by atoms with van der Waals surface area (Å²) in [7, 11) is -1.25. The van der Waals surface area contributed by atoms with Crippen molar-refractivity contribution in [3.05, 3.63) is 112 Å². The number of phenolic OH excluding ortho intramolecular Hbond substituents is 1. The van der Waals surface area contributed by atoms with E-state index in [-0.39, 0.29) is 42.5 Å². The van der Waals surface area contributed by atoms with Crippen LogP contribution < -0.4 is 5.32 Å². The molecular formula is C36H40FNO6S2. The number of nitrogens with one attached hydrogen (secondary N) is 1. The molecule has 0 aromatic heterocycles. The van der Waals surface area contributed by atoms with Gasteiger partial charge < -0.3 is 19.9 Å². The summed E-state index contributed by atoms with van der Waals surface area (Å²) in [6.07, 6.45) is 6.69. The van der Waals surface area contributed by atoms with Crippen LogP contribution in [0.1, 0.15) is 63.0 Å². The highest BCUT2D eigenvalue weighted by Gasteiger charge is 2.36. The number of unbranched alkanes of at least 4 members (excludes halogenated alkanes) is 3. The lowest BCUT2D eigenvalue weighted by molar-refractivity contribution is -0.150. The molecule has 10 heteroatoms. The number of aryl methyl sites for hydroxylation is 1. The maximum absolute atomic E-state index is 15.3. The molecule has 0 aliphatic carbocycles. The fraction of sp³-hybridized carbons (Fsp3) is 0.333. The number of rotatable bonds is 16. The van der Waals surface area contributed by atoms with Gasteiger partial charge in [-0.2, -0.15) is 0 Å². The molecule has 2 unspecified atom stereocenters. The van der Waals surface area contributed by atoms with Crippen LogP contribution in [-0.2, 0) is 36.3 Å². The molecule has 0 bridgehead atoms. The summed E-state index contributed by atoms with van der Waals surface area (Å²) in [6.45, 7) is 3.20. The topological polar surface area (TPSA) is 102 Å². The monoisotopic (exact) mass is 665 g/mol. The van der Waals surface area contributed by atoms with Crippen molar-refractivity contribution in [2.45, 2.75) is 68.1 Å². The van der Waals surface area contributed by atoms with E-state index in [0.29, 0.717) is 26.1 Å². The Kier molecular flexibility index (Phi) is 13.5. The van der Waals surface area contributed by atoms with Gasteiger partial charge in [-0.05, 0) is 56.0 Å². The number of ether oxygens (including phenoxy) is 2. The first-order valence-corrected chi connectivity index (χ1v) is 17.6. The lowest BCUT2D eigenvalue weighted by atomic mass is 9.87. The summed E-state index contributed by atoms with van der Waals surface area (Å²) in [5, 5.41) is 13.8. The smallest absolute Gasteiger partial charge is 0.336 e. The molecule has 3 aromatic carbocycles. The number of carbonyl (C=O) groups excluding carboxylic acids is 2. The number of halogens is 1. The van der Waals surface area contributed by atoms with Gasteiger partial charge in [-0.15, -0.1) is 0 Å². The number of hydrogen-bond donors (Lipinski definition) is 2. The zero-order chi connectivity index (χ0) is 32.9. The van der Waals surface area contributed by atoms with E-state index in [1.807, 2.05) is 37.3 Å². The van der Waals surface area contributed by atoms with Crippen molar-refractivity contribution in [3.63, 3.8) is 0 Å². The van der Waals surface area contributed by atoms with Crippen LogP contribution in [0.5, 0.6) is 5.75 Å². The van der Waals surface area contributed by atoms with Gasteiger partial charge in [0.05, 0.1) is 27.2 Å². The second-order valence-corrected chi connectivity index (χ2v) is 13.6. The molecule has 46 heavy (non-hydrogen) atoms. The van der Waals surface area contributed by atoms with Gasteiger partial charge in [0, 0.05) is 39.4 Å². The fourth-order valence-electron chi connectivity index (χ4n) is 5.20. The number of dihydropyridines is 1. The van der Waals surface area contributed by atoms with Gasteiger partial charge in [0.15, 0.2) is 0 Å². The number of carbonyl (C=O) groups is 2. The molecule has 0 fully saturated rings. The predicted molar refractivity (Wildman–Crippen MR) is 179 cm³/mol. The number of hydrogen-bond acceptors (Lipinski definition) is 8. The Morgan fingerprint density at radius 1 is 0.935 bits per heavy atom. The lowest BCUT2D eigenvalue weighted by Gasteiger charge is -2.29. The van der Waals surface area contributed by atoms with Gasteiger partial charge in [0.2, 0.25) is 0 Å². The third-order valence-electron chi connectivity index (χ3n) is 7.55. The molecule has 1 aliphatic heterocycles. The van der Waals surface area contributed by atoms with Gasteiger partial charge in [0.25, 0.3) is 0 Å². The van der Waals surface area contributed by atoms with Crippen LogP contribution in [0, 0.1) is 5.82 Å². The fourth-order valence-corrected chi connectivity index (χ4v) is 7.48. The predicted octanol–water partition coefficient (Wildman–Crippen LogP) is 7.53. The average Bonchev–Trinajstić information content (AvgIpc) is 3.06. The van der Waals surface area contributed by atoms with E-state index < -0.39 is 28.5 Å². The van der Waals surface area contributed by atoms with Gasteiger partial charge in [-0.25, -0.2) is 9.18 Å². The average molecular weight is 666 g/mol. The molecule has 244 valence electrons. The van der Waals surface area contributed by atoms with Crippen LogP contribution in [0.2, 0.25) is 0 Å². The van der Waals surface area contributed by atoms with Crippen molar-refractivity contribution in [2.75, 3.05) is 19.0 Å². The summed E-state index contributed by atoms with van der Waals surface area (Å²) in [4.78, 5) is 27.6. The van der Waals surface area contributed by atoms with E-state index in [2.05, 4.69) is 17.4 Å². The van der Waals surface area contributed by atoms with Crippen LogP contribution in [0.25, 0.3) is 0 Å². The molecule has 0 radical (unpaired) electrons. The van der Waals surface area contributed by atoms with E-state index >= 15 is 4.39 Å². The number of esters is 2. The Bertz CT molecular complexity index is 1570. The van der Waals surface area contributed by atoms with Crippen molar-refractivity contribution in [3.8, 4) is 5.75 Å². The third kappa shape index (κ3) is 9.56. The number of phenols is 1. The standard InChI is InChI=1S/C36H40FNO6S2/c1-3-46(42)31-20-12-11-19-29(31)45-30-24-38-25(2)33(35(30)34-27(37)17-13-18-28(34)39)36(41)44-23-22-43-32(40)21-10-5-4-7-14-26-15-8-6-9-16-26/h6,8-9,11-13,15-20,24,35,38-39H,3-5,7,10,14,21-23H2,1-2H3. The maximum Gasteiger partial charge on any atom is 0.336 e. The van der Waals surface area contributed by atoms with Crippen LogP contribution >= 0.6 is 11.8 Å². The summed E-state index contributed by atoms with van der Waals surface area (Å²) >= 11 is 1.24. The van der Waals surface area contributed by atoms with Crippen molar-refractivity contribution in [1.29, 1.82) is 0 Å². The minimum Gasteiger partial charge on any atom is -0.508 e. The van der Waals surface area contributed by atoms with Gasteiger partial charge in [-0.1, -0.05) is 80.1 Å². The molecule has 2 atom stereocenters. The lowest BCUT2D eigenvalue weighted by Crippen LogP contribution is -2.27. The molecule has 1 aliphatic rings. The number of allylic oxidation sites excluding steroid dienone is 2. The quantitative estimate of drug-likeness (QED) is 0.120. The van der Waals surface area contributed by atoms with Crippen LogP contribution in [0.15, 0.2) is 105 Å². The molecule has 0 spiro atoms. The highest BCUT2D eigenvalue weighted by Crippen LogP contribution is 2.48. The van der Waals surface area contributed by atoms with Gasteiger partial charge in [-0.3, -0.25) is 9.00 Å². The van der Waals surface area contributed by atoms with Crippen molar-refractivity contribution in [2.24, 2.45) is 0 Å². The Hall–Kier alpha value is -3.89. The highest BCUT2D eigenvalue weighted by atomic mass is 32.2. The van der Waals surface area contributed by atoms with Crippen molar-refractivity contribution in [1.82, 2.24) is 5.32 Å². The first-order valence-electron chi connectivity index (χ1n) is 15.5. The molecule has 3 aromatic rings. The Morgan fingerprint density at radius 2 is 1.65 bits per heavy atom. The first kappa shape index (κ1) is 35.0.